The number of quaternary nitrogens is 1. The van der Waals surface area contributed by atoms with Crippen LogP contribution in [0.2, 0.25) is 0 Å². The van der Waals surface area contributed by atoms with E-state index in [1.807, 2.05) is 34.5 Å². The minimum absolute atomic E-state index is 0.0667. The van der Waals surface area contributed by atoms with Crippen LogP contribution >= 0.6 is 16.3 Å². The molecule has 0 spiro atoms. The van der Waals surface area contributed by atoms with Gasteiger partial charge >= 0.3 is 5.97 Å². The average molecular weight is 702 g/mol. The van der Waals surface area contributed by atoms with Crippen molar-refractivity contribution in [2.24, 2.45) is 0 Å². The highest BCUT2D eigenvalue weighted by atomic mass is 79.9. The third-order valence-corrected chi connectivity index (χ3v) is 8.07. The van der Waals surface area contributed by atoms with E-state index in [0.29, 0.717) is 46.7 Å². The molecule has 0 unspecified atom stereocenters. The molecule has 11 heteroatoms. The van der Waals surface area contributed by atoms with Gasteiger partial charge in [-0.2, -0.15) is 0 Å². The van der Waals surface area contributed by atoms with Crippen LogP contribution in [0, 0.1) is 10.1 Å². The number of rotatable bonds is 19. The first-order valence-corrected chi connectivity index (χ1v) is 16.6. The second-order valence-corrected chi connectivity index (χ2v) is 11.1. The van der Waals surface area contributed by atoms with Crippen molar-refractivity contribution in [2.45, 2.75) is 65.8 Å². The Bertz CT molecular complexity index is 1350. The van der Waals surface area contributed by atoms with Crippen LogP contribution < -0.4 is 10.1 Å². The first-order valence-electron chi connectivity index (χ1n) is 15.9. The van der Waals surface area contributed by atoms with Gasteiger partial charge in [-0.25, -0.2) is 4.79 Å². The van der Waals surface area contributed by atoms with E-state index in [9.17, 15) is 19.7 Å². The smallest absolute Gasteiger partial charge is 0.338 e. The van der Waals surface area contributed by atoms with Crippen molar-refractivity contribution in [1.29, 1.82) is 0 Å². The lowest BCUT2D eigenvalue weighted by molar-refractivity contribution is -0.937. The Morgan fingerprint density at radius 1 is 0.848 bits per heavy atom. The van der Waals surface area contributed by atoms with Gasteiger partial charge in [0.25, 0.3) is 11.6 Å². The second kappa shape index (κ2) is 21.1. The van der Waals surface area contributed by atoms with Crippen molar-refractivity contribution in [1.82, 2.24) is 0 Å². The number of esters is 1. The molecular weight excluding hydrogens is 654 g/mol. The number of nitrogens with zero attached hydrogens (tertiary/aromatic N) is 2. The summed E-state index contributed by atoms with van der Waals surface area (Å²) in [5, 5.41) is 13.9. The lowest BCUT2D eigenvalue weighted by Gasteiger charge is -2.36. The lowest BCUT2D eigenvalue weighted by Crippen LogP contribution is -2.49. The number of amides is 1. The molecule has 0 aliphatic carbocycles. The number of hydrogen-bond acceptors (Lipinski definition) is 7. The number of carbonyl (C=O) groups is 2. The van der Waals surface area contributed by atoms with Crippen LogP contribution in [0.25, 0.3) is 0 Å². The van der Waals surface area contributed by atoms with Gasteiger partial charge in [-0.1, -0.05) is 51.2 Å². The Hall–Kier alpha value is -3.80. The van der Waals surface area contributed by atoms with Gasteiger partial charge < -0.3 is 23.5 Å². The number of halogens is 1. The fraction of sp³-hybridized carbons (Fsp3) is 0.429. The van der Waals surface area contributed by atoms with Crippen molar-refractivity contribution in [2.75, 3.05) is 38.2 Å². The molecule has 0 aromatic heterocycles. The van der Waals surface area contributed by atoms with Crippen molar-refractivity contribution in [3.05, 3.63) is 99.6 Å². The van der Waals surface area contributed by atoms with Gasteiger partial charge in [0.15, 0.2) is 0 Å². The highest BCUT2D eigenvalue weighted by Crippen LogP contribution is 2.22. The molecule has 0 saturated carbocycles. The van der Waals surface area contributed by atoms with Gasteiger partial charge in [0.2, 0.25) is 0 Å². The van der Waals surface area contributed by atoms with Crippen LogP contribution in [0.5, 0.6) is 5.75 Å². The van der Waals surface area contributed by atoms with Gasteiger partial charge in [-0.3, -0.25) is 14.9 Å². The molecule has 0 saturated heterocycles. The lowest BCUT2D eigenvalue weighted by atomic mass is 10.1. The maximum absolute atomic E-state index is 13.0. The predicted octanol–water partition coefficient (Wildman–Crippen LogP) is 8.09. The summed E-state index contributed by atoms with van der Waals surface area (Å²) in [5.74, 6) is -0.155. The summed E-state index contributed by atoms with van der Waals surface area (Å²) in [5.41, 5.74) is 2.48. The standard InChI is InChI=1S/C35H45N3O6.BrHO/c1-4-7-8-9-10-13-25-43-33-15-12-11-14-32(33)34(39)36-30-20-18-29(19-21-30)35(40)44-26-24-38(5-2,6-3)27-28-16-22-31(23-17-28)37(41)42;1-2/h11-12,14-23H,4-10,13,24-27H2,1-3H3;2H/p+1. The van der Waals surface area contributed by atoms with E-state index in [1.54, 1.807) is 42.5 Å². The van der Waals surface area contributed by atoms with E-state index < -0.39 is 10.9 Å². The maximum Gasteiger partial charge on any atom is 0.338 e. The number of ether oxygens (including phenoxy) is 2. The molecule has 3 aromatic rings. The Labute approximate surface area is 280 Å². The fourth-order valence-corrected chi connectivity index (χ4v) is 5.10. The number of likely N-dealkylation sites (N-methyl/N-ethyl adjacent to an activating group) is 1. The van der Waals surface area contributed by atoms with Crippen molar-refractivity contribution >= 4 is 39.5 Å². The minimum atomic E-state index is -0.433. The molecule has 3 rings (SSSR count). The number of hydrogen-bond donors (Lipinski definition) is 2. The molecule has 1 amide bonds. The Kier molecular flexibility index (Phi) is 17.6. The van der Waals surface area contributed by atoms with Crippen LogP contribution in [0.1, 0.15) is 85.6 Å². The van der Waals surface area contributed by atoms with Crippen LogP contribution in [0.4, 0.5) is 11.4 Å². The highest BCUT2D eigenvalue weighted by Gasteiger charge is 2.25. The average Bonchev–Trinajstić information content (AvgIpc) is 3.09. The molecule has 10 nitrogen and oxygen atoms in total. The molecule has 0 aliphatic rings. The van der Waals surface area contributed by atoms with Crippen LogP contribution in [-0.2, 0) is 11.3 Å². The Morgan fingerprint density at radius 2 is 1.48 bits per heavy atom. The summed E-state index contributed by atoms with van der Waals surface area (Å²) in [6.45, 7) is 10.1. The first kappa shape index (κ1) is 38.4. The summed E-state index contributed by atoms with van der Waals surface area (Å²) in [4.78, 5) is 36.3. The molecule has 2 N–H and O–H groups in total. The van der Waals surface area contributed by atoms with E-state index >= 15 is 0 Å². The quantitative estimate of drug-likeness (QED) is 0.0425. The Morgan fingerprint density at radius 3 is 2.11 bits per heavy atom. The van der Waals surface area contributed by atoms with E-state index in [4.69, 9.17) is 13.7 Å². The van der Waals surface area contributed by atoms with Gasteiger partial charge in [-0.05, 0) is 68.8 Å². The summed E-state index contributed by atoms with van der Waals surface area (Å²) in [6, 6.07) is 20.4. The van der Waals surface area contributed by atoms with Crippen LogP contribution in [-0.4, -0.2) is 58.3 Å². The summed E-state index contributed by atoms with van der Waals surface area (Å²) in [7, 11) is 0. The zero-order chi connectivity index (χ0) is 33.8. The normalized spacial score (nSPS) is 10.8. The SMILES string of the molecule is CCCCCCCCOc1ccccc1C(=O)Nc1ccc(C(=O)OCC[N+](CC)(CC)Cc2ccc([N+](=O)[O-])cc2)cc1.OBr. The van der Waals surface area contributed by atoms with Gasteiger partial charge in [0.05, 0.1) is 52.0 Å². The summed E-state index contributed by atoms with van der Waals surface area (Å²) >= 11 is 1.94. The predicted molar refractivity (Wildman–Crippen MR) is 184 cm³/mol. The molecule has 250 valence electrons. The van der Waals surface area contributed by atoms with Crippen molar-refractivity contribution < 1.29 is 32.7 Å². The van der Waals surface area contributed by atoms with E-state index in [0.717, 1.165) is 31.5 Å². The number of para-hydroxylation sites is 1. The number of nitrogens with one attached hydrogen (secondary N) is 1. The first-order chi connectivity index (χ1) is 22.3. The van der Waals surface area contributed by atoms with Crippen LogP contribution in [0.3, 0.4) is 0 Å². The van der Waals surface area contributed by atoms with Crippen molar-refractivity contribution in [3.8, 4) is 5.75 Å². The summed E-state index contributed by atoms with van der Waals surface area (Å²) in [6.07, 6.45) is 6.99. The topological polar surface area (TPSA) is 128 Å². The number of unbranched alkanes of at least 4 members (excludes halogenated alkanes) is 5. The van der Waals surface area contributed by atoms with E-state index in [1.165, 1.54) is 37.8 Å². The second-order valence-electron chi connectivity index (χ2n) is 11.1. The summed E-state index contributed by atoms with van der Waals surface area (Å²) < 4.78 is 19.0. The zero-order valence-electron chi connectivity index (χ0n) is 27.1. The minimum Gasteiger partial charge on any atom is -0.493 e. The third-order valence-electron chi connectivity index (χ3n) is 8.07. The number of nitro groups is 1. The molecule has 0 radical (unpaired) electrons. The van der Waals surface area contributed by atoms with Crippen LogP contribution in [0.15, 0.2) is 72.8 Å². The van der Waals surface area contributed by atoms with Crippen molar-refractivity contribution in [3.63, 3.8) is 0 Å². The number of carbonyl (C=O) groups excluding carboxylic acids is 2. The number of benzene rings is 3. The molecule has 0 bridgehead atoms. The molecule has 0 fully saturated rings. The van der Waals surface area contributed by atoms with Gasteiger partial charge in [-0.15, -0.1) is 0 Å². The molecule has 3 aromatic carbocycles. The number of anilines is 1. The fourth-order valence-electron chi connectivity index (χ4n) is 5.10. The Balaban J connectivity index is 0.00000361. The number of nitro benzene ring substituents is 1. The molecule has 0 atom stereocenters. The van der Waals surface area contributed by atoms with Gasteiger partial charge in [0.1, 0.15) is 25.4 Å². The zero-order valence-corrected chi connectivity index (χ0v) is 28.7. The monoisotopic (exact) mass is 700 g/mol. The molecule has 0 aliphatic heterocycles. The third kappa shape index (κ3) is 12.5. The molecule has 46 heavy (non-hydrogen) atoms. The highest BCUT2D eigenvalue weighted by molar-refractivity contribution is 9.05. The van der Waals surface area contributed by atoms with E-state index in [-0.39, 0.29) is 18.2 Å². The largest absolute Gasteiger partial charge is 0.493 e. The van der Waals surface area contributed by atoms with E-state index in [2.05, 4.69) is 26.1 Å². The number of non-ortho nitro benzene ring substituents is 1. The maximum atomic E-state index is 13.0. The molecule has 0 heterocycles. The van der Waals surface area contributed by atoms with Gasteiger partial charge in [0, 0.05) is 23.4 Å². The molecular formula is C35H47BrN3O7+.